The van der Waals surface area contributed by atoms with Gasteiger partial charge in [-0.1, -0.05) is 29.3 Å². The van der Waals surface area contributed by atoms with Crippen molar-refractivity contribution in [3.05, 3.63) is 58.1 Å². The zero-order chi connectivity index (χ0) is 22.1. The van der Waals surface area contributed by atoms with Crippen molar-refractivity contribution in [3.63, 3.8) is 0 Å². The zero-order valence-corrected chi connectivity index (χ0v) is 18.1. The Morgan fingerprint density at radius 1 is 1.23 bits per heavy atom. The van der Waals surface area contributed by atoms with Gasteiger partial charge < -0.3 is 24.1 Å². The molecule has 1 amide bonds. The van der Waals surface area contributed by atoms with E-state index in [4.69, 9.17) is 37.4 Å². The van der Waals surface area contributed by atoms with Crippen LogP contribution in [0.1, 0.15) is 27.8 Å². The Labute approximate surface area is 187 Å². The molecule has 0 aliphatic carbocycles. The summed E-state index contributed by atoms with van der Waals surface area (Å²) in [7, 11) is 1.69. The summed E-state index contributed by atoms with van der Waals surface area (Å²) >= 11 is 12.0. The van der Waals surface area contributed by atoms with Crippen LogP contribution in [-0.4, -0.2) is 34.8 Å². The molecule has 0 bridgehead atoms. The third-order valence-electron chi connectivity index (χ3n) is 4.62. The molecule has 0 fully saturated rings. The summed E-state index contributed by atoms with van der Waals surface area (Å²) in [6, 6.07) is 6.75. The number of halogens is 2. The Morgan fingerprint density at radius 2 is 2.00 bits per heavy atom. The lowest BCUT2D eigenvalue weighted by Gasteiger charge is -2.11. The van der Waals surface area contributed by atoms with Gasteiger partial charge in [0, 0.05) is 25.0 Å². The Kier molecular flexibility index (Phi) is 5.75. The molecule has 1 aromatic carbocycles. The van der Waals surface area contributed by atoms with Gasteiger partial charge in [0.25, 0.3) is 5.91 Å². The second-order valence-electron chi connectivity index (χ2n) is 6.61. The molecule has 8 nitrogen and oxygen atoms in total. The monoisotopic (exact) mass is 461 g/mol. The molecule has 10 heteroatoms. The SMILES string of the molecule is CCOC(=O)c1c(NC(=O)c2cc(Cl)cnc2Cl)c(-c2ccc3c(c2)OCO3)cn1C. The van der Waals surface area contributed by atoms with Crippen LogP contribution in [0.4, 0.5) is 5.69 Å². The fraction of sp³-hybridized carbons (Fsp3) is 0.190. The largest absolute Gasteiger partial charge is 0.461 e. The number of pyridine rings is 1. The summed E-state index contributed by atoms with van der Waals surface area (Å²) in [5.74, 6) is 0.0346. The lowest BCUT2D eigenvalue weighted by molar-refractivity contribution is 0.0516. The number of benzene rings is 1. The van der Waals surface area contributed by atoms with Gasteiger partial charge in [0.05, 0.1) is 22.9 Å². The average Bonchev–Trinajstić information content (AvgIpc) is 3.33. The van der Waals surface area contributed by atoms with E-state index in [1.807, 2.05) is 0 Å². The van der Waals surface area contributed by atoms with E-state index in [9.17, 15) is 9.59 Å². The molecule has 31 heavy (non-hydrogen) atoms. The zero-order valence-electron chi connectivity index (χ0n) is 16.6. The van der Waals surface area contributed by atoms with Gasteiger partial charge in [-0.05, 0) is 30.7 Å². The van der Waals surface area contributed by atoms with Crippen LogP contribution in [0.15, 0.2) is 36.7 Å². The maximum absolute atomic E-state index is 13.0. The minimum Gasteiger partial charge on any atom is -0.461 e. The number of ether oxygens (including phenoxy) is 3. The van der Waals surface area contributed by atoms with E-state index in [-0.39, 0.29) is 40.5 Å². The van der Waals surface area contributed by atoms with Crippen LogP contribution in [0.2, 0.25) is 10.2 Å². The van der Waals surface area contributed by atoms with Crippen LogP contribution in [0.25, 0.3) is 11.1 Å². The van der Waals surface area contributed by atoms with Crippen LogP contribution in [0, 0.1) is 0 Å². The summed E-state index contributed by atoms with van der Waals surface area (Å²) in [6.45, 7) is 2.02. The van der Waals surface area contributed by atoms with Crippen molar-refractivity contribution in [2.75, 3.05) is 18.7 Å². The minimum atomic E-state index is -0.581. The number of nitrogens with one attached hydrogen (secondary N) is 1. The quantitative estimate of drug-likeness (QED) is 0.442. The summed E-state index contributed by atoms with van der Waals surface area (Å²) < 4.78 is 17.6. The lowest BCUT2D eigenvalue weighted by atomic mass is 10.1. The van der Waals surface area contributed by atoms with E-state index < -0.39 is 11.9 Å². The smallest absolute Gasteiger partial charge is 0.357 e. The topological polar surface area (TPSA) is 91.7 Å². The number of esters is 1. The number of anilines is 1. The highest BCUT2D eigenvalue weighted by Gasteiger charge is 2.26. The first-order valence-corrected chi connectivity index (χ1v) is 10.0. The van der Waals surface area contributed by atoms with E-state index in [1.54, 1.807) is 42.9 Å². The molecule has 0 radical (unpaired) electrons. The molecule has 1 aliphatic heterocycles. The highest BCUT2D eigenvalue weighted by Crippen LogP contribution is 2.40. The number of amides is 1. The summed E-state index contributed by atoms with van der Waals surface area (Å²) in [5.41, 5.74) is 1.81. The van der Waals surface area contributed by atoms with Gasteiger partial charge in [-0.2, -0.15) is 0 Å². The predicted molar refractivity (Wildman–Crippen MR) is 115 cm³/mol. The molecule has 2 aromatic heterocycles. The fourth-order valence-corrected chi connectivity index (χ4v) is 3.59. The molecule has 0 atom stereocenters. The van der Waals surface area contributed by atoms with Crippen LogP contribution in [-0.2, 0) is 11.8 Å². The van der Waals surface area contributed by atoms with Crippen molar-refractivity contribution in [2.45, 2.75) is 6.92 Å². The van der Waals surface area contributed by atoms with E-state index in [2.05, 4.69) is 10.3 Å². The van der Waals surface area contributed by atoms with E-state index in [1.165, 1.54) is 12.3 Å². The van der Waals surface area contributed by atoms with Crippen molar-refractivity contribution in [3.8, 4) is 22.6 Å². The van der Waals surface area contributed by atoms with Crippen molar-refractivity contribution in [1.29, 1.82) is 0 Å². The highest BCUT2D eigenvalue weighted by molar-refractivity contribution is 6.35. The van der Waals surface area contributed by atoms with Gasteiger partial charge in [0.1, 0.15) is 5.15 Å². The number of aromatic nitrogens is 2. The number of fused-ring (bicyclic) bond motifs is 1. The van der Waals surface area contributed by atoms with Gasteiger partial charge >= 0.3 is 5.97 Å². The molecule has 4 rings (SSSR count). The normalized spacial score (nSPS) is 12.0. The Bertz CT molecular complexity index is 1190. The van der Waals surface area contributed by atoms with E-state index in [0.29, 0.717) is 22.6 Å². The number of hydrogen-bond acceptors (Lipinski definition) is 6. The molecular formula is C21H17Cl2N3O5. The molecule has 1 N–H and O–H groups in total. The Hall–Kier alpha value is -3.23. The first-order chi connectivity index (χ1) is 14.9. The Morgan fingerprint density at radius 3 is 2.77 bits per heavy atom. The van der Waals surface area contributed by atoms with Gasteiger partial charge in [-0.3, -0.25) is 4.79 Å². The maximum atomic E-state index is 13.0. The van der Waals surface area contributed by atoms with Crippen molar-refractivity contribution in [2.24, 2.45) is 7.05 Å². The predicted octanol–water partition coefficient (Wildman–Crippen LogP) is 4.55. The second kappa shape index (κ2) is 8.49. The number of carbonyl (C=O) groups excluding carboxylic acids is 2. The molecule has 0 unspecified atom stereocenters. The standard InChI is InChI=1S/C21H17Cl2N3O5/c1-3-29-21(28)18-17(25-20(27)13-7-12(22)8-24-19(13)23)14(9-26(18)2)11-4-5-15-16(6-11)31-10-30-15/h4-9H,3,10H2,1-2H3,(H,25,27). The molecule has 0 saturated carbocycles. The maximum Gasteiger partial charge on any atom is 0.357 e. The highest BCUT2D eigenvalue weighted by atomic mass is 35.5. The summed E-state index contributed by atoms with van der Waals surface area (Å²) in [5, 5.41) is 3.01. The summed E-state index contributed by atoms with van der Waals surface area (Å²) in [4.78, 5) is 29.6. The molecule has 160 valence electrons. The molecule has 3 aromatic rings. The third kappa shape index (κ3) is 4.04. The Balaban J connectivity index is 1.81. The second-order valence-corrected chi connectivity index (χ2v) is 7.41. The molecule has 3 heterocycles. The fourth-order valence-electron chi connectivity index (χ4n) is 3.24. The van der Waals surface area contributed by atoms with E-state index in [0.717, 1.165) is 0 Å². The molecule has 0 saturated heterocycles. The van der Waals surface area contributed by atoms with Crippen LogP contribution < -0.4 is 14.8 Å². The molecule has 1 aliphatic rings. The number of nitrogens with zero attached hydrogens (tertiary/aromatic N) is 2. The first kappa shape index (κ1) is 21.0. The number of aryl methyl sites for hydroxylation is 1. The average molecular weight is 462 g/mol. The van der Waals surface area contributed by atoms with Gasteiger partial charge in [0.15, 0.2) is 17.2 Å². The lowest BCUT2D eigenvalue weighted by Crippen LogP contribution is -2.18. The molecular weight excluding hydrogens is 445 g/mol. The number of hydrogen-bond donors (Lipinski definition) is 1. The van der Waals surface area contributed by atoms with Gasteiger partial charge in [0.2, 0.25) is 6.79 Å². The van der Waals surface area contributed by atoms with Gasteiger partial charge in [-0.25, -0.2) is 9.78 Å². The minimum absolute atomic E-state index is 0.0138. The van der Waals surface area contributed by atoms with Crippen molar-refractivity contribution < 1.29 is 23.8 Å². The van der Waals surface area contributed by atoms with Gasteiger partial charge in [-0.15, -0.1) is 0 Å². The van der Waals surface area contributed by atoms with Crippen LogP contribution in [0.5, 0.6) is 11.5 Å². The van der Waals surface area contributed by atoms with Crippen LogP contribution in [0.3, 0.4) is 0 Å². The van der Waals surface area contributed by atoms with Crippen molar-refractivity contribution in [1.82, 2.24) is 9.55 Å². The van der Waals surface area contributed by atoms with E-state index >= 15 is 0 Å². The number of carbonyl (C=O) groups is 2. The van der Waals surface area contributed by atoms with Crippen molar-refractivity contribution >= 4 is 40.8 Å². The third-order valence-corrected chi connectivity index (χ3v) is 5.13. The number of rotatable bonds is 5. The van der Waals surface area contributed by atoms with Crippen LogP contribution >= 0.6 is 23.2 Å². The molecule has 0 spiro atoms. The summed E-state index contributed by atoms with van der Waals surface area (Å²) in [6.07, 6.45) is 3.06. The first-order valence-electron chi connectivity index (χ1n) is 9.28.